The predicted molar refractivity (Wildman–Crippen MR) is 80.2 cm³/mol. The smallest absolute Gasteiger partial charge is 0.410 e. The van der Waals surface area contributed by atoms with Crippen LogP contribution in [0.25, 0.3) is 0 Å². The van der Waals surface area contributed by atoms with Gasteiger partial charge in [0, 0.05) is 7.05 Å². The Hall–Kier alpha value is -1.37. The van der Waals surface area contributed by atoms with E-state index in [4.69, 9.17) is 14.6 Å². The highest BCUT2D eigenvalue weighted by molar-refractivity contribution is 5.81. The van der Waals surface area contributed by atoms with Gasteiger partial charge in [-0.05, 0) is 33.1 Å². The molecule has 6 nitrogen and oxygen atoms in total. The van der Waals surface area contributed by atoms with Gasteiger partial charge >= 0.3 is 12.1 Å². The van der Waals surface area contributed by atoms with E-state index in [1.807, 2.05) is 13.8 Å². The third kappa shape index (κ3) is 7.59. The zero-order valence-electron chi connectivity index (χ0n) is 14.3. The Labute approximate surface area is 131 Å². The summed E-state index contributed by atoms with van der Waals surface area (Å²) < 4.78 is 22.7. The van der Waals surface area contributed by atoms with Crippen LogP contribution in [0, 0.1) is 5.92 Å². The molecular formula is C15H28FNO5. The van der Waals surface area contributed by atoms with E-state index in [2.05, 4.69) is 0 Å². The maximum atomic E-state index is 12.6. The Bertz CT molecular complexity index is 363. The van der Waals surface area contributed by atoms with Crippen molar-refractivity contribution in [1.29, 1.82) is 0 Å². The fourth-order valence-corrected chi connectivity index (χ4v) is 1.68. The summed E-state index contributed by atoms with van der Waals surface area (Å²) >= 11 is 0. The number of hydrogen-bond donors (Lipinski definition) is 1. The van der Waals surface area contributed by atoms with Crippen molar-refractivity contribution in [3.8, 4) is 0 Å². The second-order valence-electron chi connectivity index (χ2n) is 6.63. The zero-order valence-corrected chi connectivity index (χ0v) is 14.3. The zero-order chi connectivity index (χ0) is 17.5. The van der Waals surface area contributed by atoms with Crippen LogP contribution in [0.4, 0.5) is 9.18 Å². The van der Waals surface area contributed by atoms with Crippen molar-refractivity contribution in [3.05, 3.63) is 0 Å². The summed E-state index contributed by atoms with van der Waals surface area (Å²) in [6, 6.07) is -0.893. The summed E-state index contributed by atoms with van der Waals surface area (Å²) in [5.41, 5.74) is -0.690. The highest BCUT2D eigenvalue weighted by Crippen LogP contribution is 2.17. The van der Waals surface area contributed by atoms with Crippen LogP contribution in [0.1, 0.15) is 41.0 Å². The second kappa shape index (κ2) is 8.92. The molecule has 0 radical (unpaired) electrons. The lowest BCUT2D eigenvalue weighted by molar-refractivity contribution is -0.158. The van der Waals surface area contributed by atoms with Crippen LogP contribution in [0.2, 0.25) is 0 Å². The van der Waals surface area contributed by atoms with E-state index in [1.54, 1.807) is 20.8 Å². The van der Waals surface area contributed by atoms with Crippen molar-refractivity contribution < 1.29 is 28.6 Å². The van der Waals surface area contributed by atoms with Crippen molar-refractivity contribution in [2.75, 3.05) is 20.3 Å². The number of aliphatic hydroxyl groups is 1. The molecule has 0 spiro atoms. The fourth-order valence-electron chi connectivity index (χ4n) is 1.68. The van der Waals surface area contributed by atoms with Gasteiger partial charge in [-0.3, -0.25) is 4.90 Å². The normalized spacial score (nSPS) is 14.4. The molecule has 7 heteroatoms. The molecular weight excluding hydrogens is 293 g/mol. The van der Waals surface area contributed by atoms with Crippen molar-refractivity contribution >= 4 is 12.1 Å². The van der Waals surface area contributed by atoms with Gasteiger partial charge in [0.1, 0.15) is 18.3 Å². The first kappa shape index (κ1) is 20.6. The summed E-state index contributed by atoms with van der Waals surface area (Å²) in [7, 11) is 1.44. The average molecular weight is 321 g/mol. The van der Waals surface area contributed by atoms with Crippen molar-refractivity contribution in [3.63, 3.8) is 0 Å². The van der Waals surface area contributed by atoms with E-state index in [0.29, 0.717) is 6.42 Å². The number of hydrogen-bond acceptors (Lipinski definition) is 5. The highest BCUT2D eigenvalue weighted by atomic mass is 19.1. The van der Waals surface area contributed by atoms with Gasteiger partial charge in [0.15, 0.2) is 6.10 Å². The number of carbonyl (C=O) groups is 2. The van der Waals surface area contributed by atoms with E-state index in [1.165, 1.54) is 7.05 Å². The molecule has 0 aliphatic heterocycles. The van der Waals surface area contributed by atoms with E-state index >= 15 is 0 Å². The molecule has 1 N–H and O–H groups in total. The Balaban J connectivity index is 5.02. The minimum atomic E-state index is -1.21. The number of nitrogens with zero attached hydrogens (tertiary/aromatic N) is 1. The van der Waals surface area contributed by atoms with Gasteiger partial charge in [-0.1, -0.05) is 13.8 Å². The number of likely N-dealkylation sites (N-methyl/N-ethyl adjacent to an activating group) is 1. The number of ether oxygens (including phenoxy) is 2. The molecule has 0 bridgehead atoms. The summed E-state index contributed by atoms with van der Waals surface area (Å²) in [4.78, 5) is 25.4. The topological polar surface area (TPSA) is 76.1 Å². The van der Waals surface area contributed by atoms with Crippen LogP contribution in [0.15, 0.2) is 0 Å². The number of alkyl halides is 1. The van der Waals surface area contributed by atoms with Gasteiger partial charge in [0.05, 0.1) is 6.61 Å². The molecule has 1 amide bonds. The van der Waals surface area contributed by atoms with Gasteiger partial charge in [0.2, 0.25) is 0 Å². The summed E-state index contributed by atoms with van der Waals surface area (Å²) in [6.45, 7) is 7.36. The lowest BCUT2D eigenvalue weighted by Gasteiger charge is -2.31. The Morgan fingerprint density at radius 2 is 1.82 bits per heavy atom. The van der Waals surface area contributed by atoms with Crippen LogP contribution < -0.4 is 0 Å². The van der Waals surface area contributed by atoms with E-state index < -0.39 is 43.1 Å². The second-order valence-corrected chi connectivity index (χ2v) is 6.63. The highest BCUT2D eigenvalue weighted by Gasteiger charge is 2.33. The molecule has 0 aromatic rings. The first-order chi connectivity index (χ1) is 10.0. The third-order valence-electron chi connectivity index (χ3n) is 2.77. The summed E-state index contributed by atoms with van der Waals surface area (Å²) in [5, 5.41) is 8.92. The first-order valence-corrected chi connectivity index (χ1v) is 7.35. The summed E-state index contributed by atoms with van der Waals surface area (Å²) in [6.07, 6.45) is -1.52. The molecule has 0 aliphatic carbocycles. The lowest BCUT2D eigenvalue weighted by atomic mass is 10.0. The fraction of sp³-hybridized carbons (Fsp3) is 0.867. The largest absolute Gasteiger partial charge is 0.456 e. The Kier molecular flexibility index (Phi) is 8.37. The Morgan fingerprint density at radius 1 is 1.27 bits per heavy atom. The third-order valence-corrected chi connectivity index (χ3v) is 2.77. The summed E-state index contributed by atoms with van der Waals surface area (Å²) in [5.74, 6) is -0.640. The first-order valence-electron chi connectivity index (χ1n) is 7.35. The molecule has 0 saturated heterocycles. The van der Waals surface area contributed by atoms with E-state index in [9.17, 15) is 14.0 Å². The maximum Gasteiger partial charge on any atom is 0.410 e. The van der Waals surface area contributed by atoms with E-state index in [-0.39, 0.29) is 5.92 Å². The molecule has 0 rings (SSSR count). The molecule has 0 aromatic carbocycles. The van der Waals surface area contributed by atoms with Crippen molar-refractivity contribution in [2.45, 2.75) is 58.8 Å². The Morgan fingerprint density at radius 3 is 2.18 bits per heavy atom. The number of amides is 1. The van der Waals surface area contributed by atoms with E-state index in [0.717, 1.165) is 4.90 Å². The number of halogens is 1. The minimum Gasteiger partial charge on any atom is -0.456 e. The molecule has 0 fully saturated rings. The molecule has 130 valence electrons. The van der Waals surface area contributed by atoms with Gasteiger partial charge in [-0.25, -0.2) is 14.0 Å². The molecule has 22 heavy (non-hydrogen) atoms. The number of esters is 1. The van der Waals surface area contributed by atoms with Gasteiger partial charge in [0.25, 0.3) is 0 Å². The lowest BCUT2D eigenvalue weighted by Crippen LogP contribution is -2.47. The predicted octanol–water partition coefficient (Wildman–Crippen LogP) is 2.14. The molecule has 0 heterocycles. The monoisotopic (exact) mass is 321 g/mol. The van der Waals surface area contributed by atoms with Crippen molar-refractivity contribution in [2.24, 2.45) is 5.92 Å². The quantitative estimate of drug-likeness (QED) is 0.727. The molecule has 2 unspecified atom stereocenters. The number of carbonyl (C=O) groups excluding carboxylic acids is 2. The minimum absolute atomic E-state index is 0.111. The number of aliphatic hydroxyl groups excluding tert-OH is 1. The van der Waals surface area contributed by atoms with Crippen LogP contribution in [0.5, 0.6) is 0 Å². The molecule has 2 atom stereocenters. The van der Waals surface area contributed by atoms with Crippen LogP contribution in [-0.4, -0.2) is 60.1 Å². The van der Waals surface area contributed by atoms with Crippen LogP contribution >= 0.6 is 0 Å². The molecule has 0 aliphatic rings. The molecule has 0 saturated carbocycles. The molecule has 0 aromatic heterocycles. The SMILES string of the molecule is CC(C)CC(C(=O)OC(CO)CF)N(C)C(=O)OC(C)(C)C. The van der Waals surface area contributed by atoms with Gasteiger partial charge in [-0.2, -0.15) is 0 Å². The van der Waals surface area contributed by atoms with Crippen LogP contribution in [-0.2, 0) is 14.3 Å². The number of rotatable bonds is 7. The van der Waals surface area contributed by atoms with Crippen LogP contribution in [0.3, 0.4) is 0 Å². The standard InChI is InChI=1S/C15H28FNO5/c1-10(2)7-12(13(19)21-11(8-16)9-18)17(6)14(20)22-15(3,4)5/h10-12,18H,7-9H2,1-6H3. The maximum absolute atomic E-state index is 12.6. The van der Waals surface area contributed by atoms with Crippen molar-refractivity contribution in [1.82, 2.24) is 4.90 Å². The average Bonchev–Trinajstić information content (AvgIpc) is 2.38. The van der Waals surface area contributed by atoms with Gasteiger partial charge < -0.3 is 14.6 Å². The van der Waals surface area contributed by atoms with Gasteiger partial charge in [-0.15, -0.1) is 0 Å².